The Balaban J connectivity index is 0.853. The van der Waals surface area contributed by atoms with Crippen molar-refractivity contribution in [3.63, 3.8) is 0 Å². The third-order valence-corrected chi connectivity index (χ3v) is 14.1. The lowest BCUT2D eigenvalue weighted by Gasteiger charge is -2.36. The summed E-state index contributed by atoms with van der Waals surface area (Å²) in [5.74, 6) is 0.313. The molecule has 0 spiro atoms. The van der Waals surface area contributed by atoms with Crippen LogP contribution in [0.2, 0.25) is 0 Å². The number of rotatable bonds is 20. The third kappa shape index (κ3) is 14.4. The summed E-state index contributed by atoms with van der Waals surface area (Å²) in [6, 6.07) is 20.1. The first kappa shape index (κ1) is 51.6. The number of aromatic nitrogens is 1. The molecular formula is C53H71N5O10S. The fourth-order valence-corrected chi connectivity index (χ4v) is 10.2. The number of ether oxygens (including phenoxy) is 6. The third-order valence-electron chi connectivity index (χ3n) is 13.2. The highest BCUT2D eigenvalue weighted by Gasteiger charge is 2.41. The van der Waals surface area contributed by atoms with Gasteiger partial charge in [0.2, 0.25) is 11.8 Å². The molecule has 3 aliphatic rings. The summed E-state index contributed by atoms with van der Waals surface area (Å²) >= 11 is 1.56. The van der Waals surface area contributed by atoms with Crippen LogP contribution in [0.1, 0.15) is 102 Å². The normalized spacial score (nSPS) is 17.9. The lowest BCUT2D eigenvalue weighted by Crippen LogP contribution is -2.56. The Hall–Kier alpha value is -5.29. The van der Waals surface area contributed by atoms with E-state index in [0.717, 1.165) is 96.1 Å². The maximum atomic E-state index is 14.6. The summed E-state index contributed by atoms with van der Waals surface area (Å²) in [6.45, 7) is 11.7. The van der Waals surface area contributed by atoms with E-state index in [4.69, 9.17) is 33.4 Å². The van der Waals surface area contributed by atoms with Crippen LogP contribution in [-0.4, -0.2) is 134 Å². The molecule has 374 valence electrons. The highest BCUT2D eigenvalue weighted by Crippen LogP contribution is 2.40. The van der Waals surface area contributed by atoms with Crippen molar-refractivity contribution >= 4 is 46.1 Å². The van der Waals surface area contributed by atoms with Gasteiger partial charge in [0.25, 0.3) is 0 Å². The van der Waals surface area contributed by atoms with Crippen LogP contribution in [0.15, 0.2) is 72.1 Å². The van der Waals surface area contributed by atoms with E-state index in [9.17, 15) is 19.2 Å². The van der Waals surface area contributed by atoms with Crippen LogP contribution >= 0.6 is 11.3 Å². The summed E-state index contributed by atoms with van der Waals surface area (Å²) in [5, 5.41) is 8.02. The van der Waals surface area contributed by atoms with Crippen LogP contribution in [-0.2, 0) is 39.9 Å². The summed E-state index contributed by atoms with van der Waals surface area (Å²) in [5.41, 5.74) is 2.09. The van der Waals surface area contributed by atoms with Gasteiger partial charge in [0.15, 0.2) is 0 Å². The van der Waals surface area contributed by atoms with E-state index < -0.39 is 23.8 Å². The number of likely N-dealkylation sites (tertiary alicyclic amines) is 2. The first-order valence-electron chi connectivity index (χ1n) is 24.8. The molecule has 15 nitrogen and oxygen atoms in total. The van der Waals surface area contributed by atoms with E-state index in [1.54, 1.807) is 51.0 Å². The van der Waals surface area contributed by atoms with Crippen molar-refractivity contribution in [1.29, 1.82) is 0 Å². The van der Waals surface area contributed by atoms with Crippen molar-refractivity contribution in [1.82, 2.24) is 25.0 Å². The predicted octanol–water partition coefficient (Wildman–Crippen LogP) is 9.18. The second-order valence-corrected chi connectivity index (χ2v) is 20.1. The zero-order chi connectivity index (χ0) is 48.8. The first-order chi connectivity index (χ1) is 33.4. The Bertz CT molecular complexity index is 2290. The average molecular weight is 970 g/mol. The van der Waals surface area contributed by atoms with E-state index in [2.05, 4.69) is 16.8 Å². The van der Waals surface area contributed by atoms with Crippen molar-refractivity contribution in [3.05, 3.63) is 82.7 Å². The van der Waals surface area contributed by atoms with Gasteiger partial charge in [0.05, 0.1) is 50.9 Å². The molecule has 3 heterocycles. The Labute approximate surface area is 411 Å². The molecule has 2 saturated heterocycles. The maximum absolute atomic E-state index is 14.6. The molecule has 16 heteroatoms. The largest absolute Gasteiger partial charge is 0.491 e. The molecule has 4 amide bonds. The van der Waals surface area contributed by atoms with Gasteiger partial charge in [-0.15, -0.1) is 11.3 Å². The summed E-state index contributed by atoms with van der Waals surface area (Å²) in [6.07, 6.45) is 7.24. The van der Waals surface area contributed by atoms with Crippen molar-refractivity contribution in [2.45, 2.75) is 122 Å². The van der Waals surface area contributed by atoms with Gasteiger partial charge in [-0.05, 0) is 95.2 Å². The van der Waals surface area contributed by atoms with Crippen molar-refractivity contribution in [2.75, 3.05) is 66.3 Å². The molecule has 1 aromatic heterocycles. The van der Waals surface area contributed by atoms with E-state index in [0.29, 0.717) is 59.3 Å². The number of likely N-dealkylation sites (N-methyl/N-ethyl adjacent to an activating group) is 1. The van der Waals surface area contributed by atoms with Gasteiger partial charge in [-0.3, -0.25) is 14.5 Å². The molecule has 0 radical (unpaired) electrons. The maximum Gasteiger partial charge on any atom is 0.410 e. The smallest absolute Gasteiger partial charge is 0.410 e. The first-order valence-corrected chi connectivity index (χ1v) is 25.6. The molecule has 1 N–H and O–H groups in total. The van der Waals surface area contributed by atoms with E-state index in [1.807, 2.05) is 65.6 Å². The topological polar surface area (TPSA) is 158 Å². The number of hydrogen-bond acceptors (Lipinski definition) is 12. The molecule has 4 aromatic rings. The minimum absolute atomic E-state index is 0.0136. The number of carbonyl (C=O) groups is 4. The number of benzene rings is 3. The fourth-order valence-electron chi connectivity index (χ4n) is 9.26. The number of nitrogens with one attached hydrogen (secondary N) is 1. The highest BCUT2D eigenvalue weighted by atomic mass is 32.1. The Kier molecular flexibility index (Phi) is 18.7. The van der Waals surface area contributed by atoms with Crippen LogP contribution in [0, 0.1) is 5.92 Å². The van der Waals surface area contributed by atoms with Crippen LogP contribution in [0.3, 0.4) is 0 Å². The van der Waals surface area contributed by atoms with Crippen LogP contribution in [0.4, 0.5) is 9.59 Å². The SMILES string of the molecule is C[C@@H](C(=O)N[C@H](C(=O)N1CCCC1c1nc(-c2ccc(OCCOCCOCCOC3CCN(C(=O)OCc4ccccc4)CC3)c3ccccc23)cs1)C1CCCCC1)N(C)C(=O)OC(C)(C)C. The lowest BCUT2D eigenvalue weighted by molar-refractivity contribution is -0.140. The van der Waals surface area contributed by atoms with Gasteiger partial charge < -0.3 is 43.5 Å². The lowest BCUT2D eigenvalue weighted by atomic mass is 9.83. The molecule has 3 fully saturated rings. The summed E-state index contributed by atoms with van der Waals surface area (Å²) < 4.78 is 34.8. The Morgan fingerprint density at radius 2 is 1.48 bits per heavy atom. The van der Waals surface area contributed by atoms with Gasteiger partial charge >= 0.3 is 12.2 Å². The predicted molar refractivity (Wildman–Crippen MR) is 265 cm³/mol. The monoisotopic (exact) mass is 969 g/mol. The number of hydrogen-bond donors (Lipinski definition) is 1. The van der Waals surface area contributed by atoms with Crippen LogP contribution in [0.5, 0.6) is 5.75 Å². The fraction of sp³-hybridized carbons (Fsp3) is 0.566. The van der Waals surface area contributed by atoms with Gasteiger partial charge in [-0.2, -0.15) is 0 Å². The van der Waals surface area contributed by atoms with E-state index in [1.165, 1.54) is 4.90 Å². The molecule has 3 atom stereocenters. The van der Waals surface area contributed by atoms with Gasteiger partial charge in [-0.25, -0.2) is 14.6 Å². The number of thiazole rings is 1. The van der Waals surface area contributed by atoms with Gasteiger partial charge in [0.1, 0.15) is 41.7 Å². The second kappa shape index (κ2) is 25.0. The van der Waals surface area contributed by atoms with E-state index >= 15 is 0 Å². The van der Waals surface area contributed by atoms with Crippen molar-refractivity contribution in [2.24, 2.45) is 5.92 Å². The number of fused-ring (bicyclic) bond motifs is 1. The summed E-state index contributed by atoms with van der Waals surface area (Å²) in [7, 11) is 1.55. The number of nitrogens with zero attached hydrogens (tertiary/aromatic N) is 4. The molecule has 1 unspecified atom stereocenters. The Morgan fingerprint density at radius 1 is 0.797 bits per heavy atom. The average Bonchev–Trinajstić information content (AvgIpc) is 4.06. The minimum atomic E-state index is -0.827. The number of piperidine rings is 1. The number of carbonyl (C=O) groups excluding carboxylic acids is 4. The van der Waals surface area contributed by atoms with Crippen molar-refractivity contribution in [3.8, 4) is 17.0 Å². The highest BCUT2D eigenvalue weighted by molar-refractivity contribution is 7.10. The molecular weight excluding hydrogens is 899 g/mol. The van der Waals surface area contributed by atoms with Crippen LogP contribution in [0.25, 0.3) is 22.0 Å². The number of amides is 4. The zero-order valence-corrected chi connectivity index (χ0v) is 41.8. The van der Waals surface area contributed by atoms with Gasteiger partial charge in [0, 0.05) is 43.0 Å². The molecule has 1 aliphatic carbocycles. The molecule has 2 aliphatic heterocycles. The standard InChI is InChI=1S/C53H71N5O10S/c1-37(56(5)51(61)68-53(2,3)4)48(59)55-47(39-17-10-7-11-18-39)50(60)58-26-14-21-45(58)49-54-44(36-69-49)42-22-23-46(43-20-13-12-19-41(42)43)66-34-32-64-30-29-63-31-33-65-40-24-27-57(28-25-40)52(62)67-35-38-15-8-6-9-16-38/h6,8-9,12-13,15-16,19-20,22-23,36-37,39-40,45,47H,7,10-11,14,17-18,21,24-35H2,1-5H3,(H,55,59)/t37-,45?,47-/m0/s1. The Morgan fingerprint density at radius 3 is 2.20 bits per heavy atom. The molecule has 3 aromatic carbocycles. The quantitative estimate of drug-likeness (QED) is 0.0842. The molecule has 0 bridgehead atoms. The van der Waals surface area contributed by atoms with Gasteiger partial charge in [-0.1, -0.05) is 73.9 Å². The summed E-state index contributed by atoms with van der Waals surface area (Å²) in [4.78, 5) is 63.7. The van der Waals surface area contributed by atoms with Crippen molar-refractivity contribution < 1.29 is 47.6 Å². The second-order valence-electron chi connectivity index (χ2n) is 19.2. The van der Waals surface area contributed by atoms with Crippen LogP contribution < -0.4 is 10.1 Å². The molecule has 7 rings (SSSR count). The minimum Gasteiger partial charge on any atom is -0.491 e. The molecule has 1 saturated carbocycles. The molecule has 69 heavy (non-hydrogen) atoms. The zero-order valence-electron chi connectivity index (χ0n) is 41.0. The van der Waals surface area contributed by atoms with E-state index in [-0.39, 0.29) is 42.6 Å².